The van der Waals surface area contributed by atoms with E-state index in [0.29, 0.717) is 13.2 Å². The number of carbonyl (C=O) groups excluding carboxylic acids is 2. The lowest BCUT2D eigenvalue weighted by molar-refractivity contribution is -0.114. The SMILES string of the molecule is CCOc1ccc2nc(SCC(=O)Nc3ccc(Cc4ccc(NC(=O)CSc5nc6ccc(OCC)cc6s5)c(C)c4)cc3C)sc2c1. The molecule has 49 heavy (non-hydrogen) atoms. The zero-order chi connectivity index (χ0) is 34.3. The number of benzene rings is 4. The number of aromatic nitrogens is 2. The largest absolute Gasteiger partial charge is 0.494 e. The Morgan fingerprint density at radius 3 is 1.51 bits per heavy atom. The number of hydrogen-bond donors (Lipinski definition) is 2. The number of thiazole rings is 2. The number of aryl methyl sites for hydroxylation is 2. The first kappa shape index (κ1) is 34.8. The number of nitrogens with one attached hydrogen (secondary N) is 2. The third kappa shape index (κ3) is 9.13. The van der Waals surface area contributed by atoms with E-state index < -0.39 is 0 Å². The Morgan fingerprint density at radius 1 is 0.653 bits per heavy atom. The summed E-state index contributed by atoms with van der Waals surface area (Å²) in [5.74, 6) is 2.06. The van der Waals surface area contributed by atoms with Gasteiger partial charge in [0.1, 0.15) is 11.5 Å². The molecule has 2 amide bonds. The van der Waals surface area contributed by atoms with Gasteiger partial charge in [-0.05, 0) is 105 Å². The molecular weight excluding hydrogens is 693 g/mol. The number of carbonyl (C=O) groups is 2. The fraction of sp³-hybridized carbons (Fsp3) is 0.243. The van der Waals surface area contributed by atoms with Crippen molar-refractivity contribution in [1.82, 2.24) is 9.97 Å². The molecule has 2 heterocycles. The van der Waals surface area contributed by atoms with Crippen LogP contribution in [0.2, 0.25) is 0 Å². The van der Waals surface area contributed by atoms with Crippen molar-refractivity contribution in [2.75, 3.05) is 35.4 Å². The maximum absolute atomic E-state index is 12.8. The lowest BCUT2D eigenvalue weighted by atomic mass is 10.00. The number of hydrogen-bond acceptors (Lipinski definition) is 10. The Balaban J connectivity index is 0.983. The van der Waals surface area contributed by atoms with Crippen LogP contribution in [0.3, 0.4) is 0 Å². The Labute approximate surface area is 302 Å². The smallest absolute Gasteiger partial charge is 0.234 e. The van der Waals surface area contributed by atoms with Crippen LogP contribution in [0, 0.1) is 13.8 Å². The Bertz CT molecular complexity index is 1980. The molecule has 0 aliphatic heterocycles. The fourth-order valence-electron chi connectivity index (χ4n) is 5.22. The fourth-order valence-corrected chi connectivity index (χ4v) is 9.01. The first-order valence-electron chi connectivity index (χ1n) is 15.9. The number of nitrogens with zero attached hydrogens (tertiary/aromatic N) is 2. The van der Waals surface area contributed by atoms with Gasteiger partial charge in [0, 0.05) is 11.4 Å². The maximum Gasteiger partial charge on any atom is 0.234 e. The third-order valence-corrected chi connectivity index (χ3v) is 11.8. The van der Waals surface area contributed by atoms with Gasteiger partial charge in [-0.15, -0.1) is 22.7 Å². The molecule has 252 valence electrons. The number of ether oxygens (including phenoxy) is 2. The highest BCUT2D eigenvalue weighted by Gasteiger charge is 2.13. The van der Waals surface area contributed by atoms with Crippen LogP contribution >= 0.6 is 46.2 Å². The van der Waals surface area contributed by atoms with Gasteiger partial charge in [-0.2, -0.15) is 0 Å². The van der Waals surface area contributed by atoms with E-state index in [1.165, 1.54) is 23.5 Å². The summed E-state index contributed by atoms with van der Waals surface area (Å²) in [6, 6.07) is 23.9. The molecule has 6 rings (SSSR count). The summed E-state index contributed by atoms with van der Waals surface area (Å²) >= 11 is 6.00. The van der Waals surface area contributed by atoms with Gasteiger partial charge in [0.15, 0.2) is 8.68 Å². The van der Waals surface area contributed by atoms with Crippen molar-refractivity contribution >= 4 is 89.8 Å². The van der Waals surface area contributed by atoms with E-state index in [2.05, 4.69) is 32.7 Å². The van der Waals surface area contributed by atoms with Gasteiger partial charge < -0.3 is 20.1 Å². The molecule has 0 unspecified atom stereocenters. The van der Waals surface area contributed by atoms with Crippen molar-refractivity contribution in [1.29, 1.82) is 0 Å². The molecule has 0 aliphatic carbocycles. The first-order chi connectivity index (χ1) is 23.8. The van der Waals surface area contributed by atoms with Gasteiger partial charge in [0.05, 0.1) is 45.2 Å². The second-order valence-electron chi connectivity index (χ2n) is 11.2. The molecule has 0 radical (unpaired) electrons. The predicted molar refractivity (Wildman–Crippen MR) is 205 cm³/mol. The Kier molecular flexibility index (Phi) is 11.4. The maximum atomic E-state index is 12.8. The quantitative estimate of drug-likeness (QED) is 0.107. The van der Waals surface area contributed by atoms with Crippen molar-refractivity contribution in [3.05, 3.63) is 95.1 Å². The third-order valence-electron chi connectivity index (χ3n) is 7.49. The average Bonchev–Trinajstić information content (AvgIpc) is 3.69. The summed E-state index contributed by atoms with van der Waals surface area (Å²) in [5, 5.41) is 6.09. The van der Waals surface area contributed by atoms with Crippen molar-refractivity contribution < 1.29 is 19.1 Å². The van der Waals surface area contributed by atoms with Crippen molar-refractivity contribution in [2.45, 2.75) is 42.8 Å². The number of thioether (sulfide) groups is 2. The average molecular weight is 729 g/mol. The summed E-state index contributed by atoms with van der Waals surface area (Å²) in [6.45, 7) is 9.16. The molecule has 2 N–H and O–H groups in total. The lowest BCUT2D eigenvalue weighted by Crippen LogP contribution is -2.15. The van der Waals surface area contributed by atoms with E-state index in [-0.39, 0.29) is 23.3 Å². The monoisotopic (exact) mass is 728 g/mol. The minimum Gasteiger partial charge on any atom is -0.494 e. The highest BCUT2D eigenvalue weighted by Crippen LogP contribution is 2.33. The van der Waals surface area contributed by atoms with Crippen LogP contribution in [0.5, 0.6) is 11.5 Å². The van der Waals surface area contributed by atoms with E-state index in [4.69, 9.17) is 9.47 Å². The van der Waals surface area contributed by atoms with Crippen LogP contribution in [0.15, 0.2) is 81.5 Å². The Hall–Kier alpha value is -4.10. The Morgan fingerprint density at radius 2 is 1.10 bits per heavy atom. The van der Waals surface area contributed by atoms with Gasteiger partial charge in [-0.25, -0.2) is 9.97 Å². The second-order valence-corrected chi connectivity index (χ2v) is 15.7. The molecule has 0 fully saturated rings. The van der Waals surface area contributed by atoms with Crippen LogP contribution in [-0.2, 0) is 16.0 Å². The van der Waals surface area contributed by atoms with Crippen LogP contribution in [0.1, 0.15) is 36.1 Å². The molecule has 0 spiro atoms. The van der Waals surface area contributed by atoms with E-state index in [0.717, 1.165) is 80.7 Å². The van der Waals surface area contributed by atoms with Crippen LogP contribution in [-0.4, -0.2) is 46.5 Å². The standard InChI is InChI=1S/C37H36N4O4S4/c1-5-44-26-9-13-30-32(18-26)48-36(40-30)46-20-34(42)38-28-11-7-24(15-22(28)3)17-25-8-12-29(23(4)16-25)39-35(43)21-47-37-41-31-14-10-27(45-6-2)19-33(31)49-37/h7-16,18-19H,5-6,17,20-21H2,1-4H3,(H,38,42)(H,39,43). The molecule has 0 saturated heterocycles. The number of fused-ring (bicyclic) bond motifs is 2. The second kappa shape index (κ2) is 16.1. The summed E-state index contributed by atoms with van der Waals surface area (Å²) in [5.41, 5.74) is 7.70. The van der Waals surface area contributed by atoms with Crippen molar-refractivity contribution in [2.24, 2.45) is 0 Å². The summed E-state index contributed by atoms with van der Waals surface area (Å²) in [6.07, 6.45) is 0.737. The van der Waals surface area contributed by atoms with Gasteiger partial charge >= 0.3 is 0 Å². The summed E-state index contributed by atoms with van der Waals surface area (Å²) in [7, 11) is 0. The van der Waals surface area contributed by atoms with Gasteiger partial charge in [0.25, 0.3) is 0 Å². The molecule has 2 aromatic heterocycles. The lowest BCUT2D eigenvalue weighted by Gasteiger charge is -2.12. The molecule has 0 saturated carbocycles. The molecule has 8 nitrogen and oxygen atoms in total. The normalized spacial score (nSPS) is 11.2. The minimum absolute atomic E-state index is 0.0713. The first-order valence-corrected chi connectivity index (χ1v) is 19.5. The zero-order valence-electron chi connectivity index (χ0n) is 27.6. The van der Waals surface area contributed by atoms with Crippen LogP contribution in [0.4, 0.5) is 11.4 Å². The highest BCUT2D eigenvalue weighted by atomic mass is 32.2. The molecule has 0 aliphatic rings. The predicted octanol–water partition coefficient (Wildman–Crippen LogP) is 9.37. The van der Waals surface area contributed by atoms with E-state index in [9.17, 15) is 9.59 Å². The molecule has 6 aromatic rings. The van der Waals surface area contributed by atoms with Gasteiger partial charge in [0.2, 0.25) is 11.8 Å². The van der Waals surface area contributed by atoms with Crippen molar-refractivity contribution in [3.63, 3.8) is 0 Å². The van der Waals surface area contributed by atoms with Crippen LogP contribution < -0.4 is 20.1 Å². The van der Waals surface area contributed by atoms with E-state index in [1.807, 2.05) is 88.4 Å². The minimum atomic E-state index is -0.0713. The summed E-state index contributed by atoms with van der Waals surface area (Å²) < 4.78 is 15.0. The molecule has 0 bridgehead atoms. The van der Waals surface area contributed by atoms with Gasteiger partial charge in [-0.3, -0.25) is 9.59 Å². The molecular formula is C37H36N4O4S4. The number of amides is 2. The van der Waals surface area contributed by atoms with Crippen molar-refractivity contribution in [3.8, 4) is 11.5 Å². The number of anilines is 2. The summed E-state index contributed by atoms with van der Waals surface area (Å²) in [4.78, 5) is 34.8. The molecule has 12 heteroatoms. The number of rotatable bonds is 14. The van der Waals surface area contributed by atoms with Gasteiger partial charge in [-0.1, -0.05) is 47.8 Å². The molecule has 0 atom stereocenters. The molecule has 4 aromatic carbocycles. The zero-order valence-corrected chi connectivity index (χ0v) is 30.9. The highest BCUT2D eigenvalue weighted by molar-refractivity contribution is 8.02. The van der Waals surface area contributed by atoms with E-state index >= 15 is 0 Å². The topological polar surface area (TPSA) is 102 Å². The van der Waals surface area contributed by atoms with Crippen LogP contribution in [0.25, 0.3) is 20.4 Å². The van der Waals surface area contributed by atoms with E-state index in [1.54, 1.807) is 22.7 Å².